The number of alkyl halides is 2. The Morgan fingerprint density at radius 1 is 1.40 bits per heavy atom. The summed E-state index contributed by atoms with van der Waals surface area (Å²) in [5.74, 6) is 2.01. The molecule has 1 aliphatic rings. The van der Waals surface area contributed by atoms with Crippen LogP contribution in [-0.4, -0.2) is 11.3 Å². The molecular formula is C8H12Cl2. The predicted molar refractivity (Wildman–Crippen MR) is 46.4 cm³/mol. The first-order valence-electron chi connectivity index (χ1n) is 3.71. The Morgan fingerprint density at radius 2 is 2.00 bits per heavy atom. The highest BCUT2D eigenvalue weighted by Gasteiger charge is 2.21. The van der Waals surface area contributed by atoms with Crippen molar-refractivity contribution >= 4 is 23.2 Å². The van der Waals surface area contributed by atoms with E-state index in [1.54, 1.807) is 0 Å². The number of rotatable bonds is 2. The molecule has 0 aromatic heterocycles. The van der Waals surface area contributed by atoms with Gasteiger partial charge in [0.05, 0.1) is 5.38 Å². The van der Waals surface area contributed by atoms with Crippen LogP contribution in [0.1, 0.15) is 25.7 Å². The monoisotopic (exact) mass is 178 g/mol. The highest BCUT2D eigenvalue weighted by Crippen LogP contribution is 2.30. The van der Waals surface area contributed by atoms with Crippen molar-refractivity contribution in [2.45, 2.75) is 31.1 Å². The summed E-state index contributed by atoms with van der Waals surface area (Å²) in [6, 6.07) is 0. The third-order valence-corrected chi connectivity index (χ3v) is 2.85. The lowest BCUT2D eigenvalue weighted by Crippen LogP contribution is -2.17. The van der Waals surface area contributed by atoms with Gasteiger partial charge < -0.3 is 0 Å². The quantitative estimate of drug-likeness (QED) is 0.571. The first kappa shape index (κ1) is 8.67. The molecule has 10 heavy (non-hydrogen) atoms. The number of halogens is 2. The molecule has 1 saturated carbocycles. The van der Waals surface area contributed by atoms with Crippen LogP contribution < -0.4 is 0 Å². The van der Waals surface area contributed by atoms with Crippen molar-refractivity contribution in [3.8, 4) is 0 Å². The van der Waals surface area contributed by atoms with Crippen molar-refractivity contribution in [1.82, 2.24) is 0 Å². The molecule has 1 unspecified atom stereocenters. The Balaban J connectivity index is 2.24. The lowest BCUT2D eigenvalue weighted by atomic mass is 9.87. The Bertz CT molecular complexity index is 87.3. The van der Waals surface area contributed by atoms with Crippen molar-refractivity contribution in [3.05, 3.63) is 12.3 Å². The maximum atomic E-state index is 5.96. The average Bonchev–Trinajstić information content (AvgIpc) is 2.05. The second-order valence-electron chi connectivity index (χ2n) is 2.65. The SMILES string of the molecule is ClCC(Cl)[C]1CC[CH]CC1. The van der Waals surface area contributed by atoms with Gasteiger partial charge in [-0.2, -0.15) is 0 Å². The lowest BCUT2D eigenvalue weighted by Gasteiger charge is -2.23. The van der Waals surface area contributed by atoms with E-state index >= 15 is 0 Å². The lowest BCUT2D eigenvalue weighted by molar-refractivity contribution is 0.602. The minimum absolute atomic E-state index is 0.121. The molecule has 2 radical (unpaired) electrons. The smallest absolute Gasteiger partial charge is 0.0533 e. The van der Waals surface area contributed by atoms with E-state index in [1.807, 2.05) is 0 Å². The summed E-state index contributed by atoms with van der Waals surface area (Å²) in [5, 5.41) is 0.121. The van der Waals surface area contributed by atoms with E-state index in [1.165, 1.54) is 18.8 Å². The maximum Gasteiger partial charge on any atom is 0.0533 e. The summed E-state index contributed by atoms with van der Waals surface area (Å²) >= 11 is 11.6. The van der Waals surface area contributed by atoms with Crippen molar-refractivity contribution < 1.29 is 0 Å². The third-order valence-electron chi connectivity index (χ3n) is 1.92. The van der Waals surface area contributed by atoms with E-state index in [-0.39, 0.29) is 5.38 Å². The molecule has 1 aliphatic carbocycles. The molecule has 0 heterocycles. The van der Waals surface area contributed by atoms with Gasteiger partial charge in [0.15, 0.2) is 0 Å². The molecule has 1 fully saturated rings. The summed E-state index contributed by atoms with van der Waals surface area (Å²) < 4.78 is 0. The van der Waals surface area contributed by atoms with Gasteiger partial charge in [0.1, 0.15) is 0 Å². The molecule has 1 atom stereocenters. The zero-order valence-electron chi connectivity index (χ0n) is 5.95. The van der Waals surface area contributed by atoms with Gasteiger partial charge in [-0.05, 0) is 38.0 Å². The van der Waals surface area contributed by atoms with Crippen molar-refractivity contribution in [1.29, 1.82) is 0 Å². The minimum Gasteiger partial charge on any atom is -0.125 e. The number of hydrogen-bond acceptors (Lipinski definition) is 0. The van der Waals surface area contributed by atoms with Gasteiger partial charge in [-0.3, -0.25) is 0 Å². The molecule has 58 valence electrons. The third kappa shape index (κ3) is 2.32. The molecular weight excluding hydrogens is 167 g/mol. The normalized spacial score (nSPS) is 24.6. The Labute approximate surface area is 72.9 Å². The van der Waals surface area contributed by atoms with Gasteiger partial charge in [0.25, 0.3) is 0 Å². The van der Waals surface area contributed by atoms with Crippen LogP contribution in [0.4, 0.5) is 0 Å². The molecule has 0 aliphatic heterocycles. The van der Waals surface area contributed by atoms with Crippen LogP contribution in [0.15, 0.2) is 0 Å². The van der Waals surface area contributed by atoms with Crippen molar-refractivity contribution in [2.24, 2.45) is 0 Å². The van der Waals surface area contributed by atoms with Crippen LogP contribution in [0.25, 0.3) is 0 Å². The van der Waals surface area contributed by atoms with Crippen LogP contribution in [0.5, 0.6) is 0 Å². The first-order chi connectivity index (χ1) is 4.84. The van der Waals surface area contributed by atoms with Gasteiger partial charge >= 0.3 is 0 Å². The fourth-order valence-electron chi connectivity index (χ4n) is 1.27. The van der Waals surface area contributed by atoms with Gasteiger partial charge in [-0.15, -0.1) is 23.2 Å². The zero-order chi connectivity index (χ0) is 7.40. The average molecular weight is 179 g/mol. The molecule has 0 saturated heterocycles. The second-order valence-corrected chi connectivity index (χ2v) is 3.48. The second kappa shape index (κ2) is 4.46. The molecule has 0 amide bonds. The van der Waals surface area contributed by atoms with Crippen LogP contribution in [0.2, 0.25) is 0 Å². The largest absolute Gasteiger partial charge is 0.125 e. The van der Waals surface area contributed by atoms with Crippen molar-refractivity contribution in [2.75, 3.05) is 5.88 Å². The highest BCUT2D eigenvalue weighted by molar-refractivity contribution is 6.29. The van der Waals surface area contributed by atoms with E-state index in [4.69, 9.17) is 23.2 Å². The van der Waals surface area contributed by atoms with Gasteiger partial charge in [0, 0.05) is 5.88 Å². The van der Waals surface area contributed by atoms with Crippen LogP contribution in [0, 0.1) is 12.3 Å². The Hall–Kier alpha value is 0.580. The molecule has 0 aromatic rings. The molecule has 0 nitrogen and oxygen atoms in total. The predicted octanol–water partition coefficient (Wildman–Crippen LogP) is 3.19. The maximum absolute atomic E-state index is 5.96. The fourth-order valence-corrected chi connectivity index (χ4v) is 1.70. The highest BCUT2D eigenvalue weighted by atomic mass is 35.5. The summed E-state index contributed by atoms with van der Waals surface area (Å²) in [6.45, 7) is 0. The summed E-state index contributed by atoms with van der Waals surface area (Å²) in [4.78, 5) is 0. The van der Waals surface area contributed by atoms with Crippen molar-refractivity contribution in [3.63, 3.8) is 0 Å². The molecule has 0 bridgehead atoms. The van der Waals surface area contributed by atoms with Crippen LogP contribution in [-0.2, 0) is 0 Å². The van der Waals surface area contributed by atoms with Gasteiger partial charge in [0.2, 0.25) is 0 Å². The van der Waals surface area contributed by atoms with E-state index in [9.17, 15) is 0 Å². The molecule has 2 heteroatoms. The first-order valence-corrected chi connectivity index (χ1v) is 4.68. The zero-order valence-corrected chi connectivity index (χ0v) is 7.46. The minimum atomic E-state index is 0.121. The summed E-state index contributed by atoms with van der Waals surface area (Å²) in [7, 11) is 0. The summed E-state index contributed by atoms with van der Waals surface area (Å²) in [6.07, 6.45) is 7.01. The number of hydrogen-bond donors (Lipinski definition) is 0. The Morgan fingerprint density at radius 3 is 2.50 bits per heavy atom. The molecule has 0 aromatic carbocycles. The Kier molecular flexibility index (Phi) is 3.87. The van der Waals surface area contributed by atoms with Crippen LogP contribution >= 0.6 is 23.2 Å². The molecule has 0 N–H and O–H groups in total. The molecule has 1 rings (SSSR count). The van der Waals surface area contributed by atoms with E-state index in [0.717, 1.165) is 12.8 Å². The van der Waals surface area contributed by atoms with E-state index in [2.05, 4.69) is 6.42 Å². The van der Waals surface area contributed by atoms with E-state index in [0.29, 0.717) is 5.88 Å². The van der Waals surface area contributed by atoms with Gasteiger partial charge in [-0.25, -0.2) is 0 Å². The standard InChI is InChI=1S/C8H12Cl2/c9-6-8(10)7-4-2-1-3-5-7/h1,8H,2-6H2. The summed E-state index contributed by atoms with van der Waals surface area (Å²) in [5.41, 5.74) is 0. The van der Waals surface area contributed by atoms with Gasteiger partial charge in [-0.1, -0.05) is 0 Å². The van der Waals surface area contributed by atoms with E-state index < -0.39 is 0 Å². The molecule has 0 spiro atoms. The van der Waals surface area contributed by atoms with Crippen LogP contribution in [0.3, 0.4) is 0 Å². The topological polar surface area (TPSA) is 0 Å². The fraction of sp³-hybridized carbons (Fsp3) is 0.750.